The molecule has 0 amide bonds. The van der Waals surface area contributed by atoms with Gasteiger partial charge in [0, 0.05) is 29.7 Å². The SMILES string of the molecule is CC(C(=O)O)=C(C)C(=O)OCCN(C)CC(C)(CO)CO. The molecule has 0 radical (unpaired) electrons. The summed E-state index contributed by atoms with van der Waals surface area (Å²) in [5, 5.41) is 27.2. The van der Waals surface area contributed by atoms with E-state index in [2.05, 4.69) is 0 Å². The van der Waals surface area contributed by atoms with Gasteiger partial charge in [-0.3, -0.25) is 0 Å². The zero-order valence-electron chi connectivity index (χ0n) is 13.0. The Hall–Kier alpha value is -1.44. The molecule has 0 saturated heterocycles. The number of likely N-dealkylation sites (N-methyl/N-ethyl adjacent to an activating group) is 1. The van der Waals surface area contributed by atoms with E-state index < -0.39 is 17.4 Å². The number of hydrogen-bond acceptors (Lipinski definition) is 6. The van der Waals surface area contributed by atoms with Crippen LogP contribution in [0.2, 0.25) is 0 Å². The van der Waals surface area contributed by atoms with Gasteiger partial charge in [0.2, 0.25) is 0 Å². The van der Waals surface area contributed by atoms with Crippen molar-refractivity contribution in [1.82, 2.24) is 4.90 Å². The predicted molar refractivity (Wildman–Crippen MR) is 76.7 cm³/mol. The Morgan fingerprint density at radius 3 is 2.10 bits per heavy atom. The highest BCUT2D eigenvalue weighted by Gasteiger charge is 2.24. The number of carboxylic acid groups (broad SMARTS) is 1. The highest BCUT2D eigenvalue weighted by Crippen LogP contribution is 2.15. The van der Waals surface area contributed by atoms with Crippen LogP contribution < -0.4 is 0 Å². The van der Waals surface area contributed by atoms with Gasteiger partial charge in [-0.25, -0.2) is 9.59 Å². The summed E-state index contributed by atoms with van der Waals surface area (Å²) in [6.45, 7) is 5.18. The molecule has 0 unspecified atom stereocenters. The molecule has 0 aromatic carbocycles. The maximum absolute atomic E-state index is 11.6. The van der Waals surface area contributed by atoms with Crippen molar-refractivity contribution in [3.05, 3.63) is 11.1 Å². The first-order chi connectivity index (χ1) is 9.66. The van der Waals surface area contributed by atoms with Gasteiger partial charge < -0.3 is 25.0 Å². The molecule has 0 aliphatic rings. The Morgan fingerprint density at radius 2 is 1.67 bits per heavy atom. The van der Waals surface area contributed by atoms with Crippen molar-refractivity contribution >= 4 is 11.9 Å². The molecule has 0 aliphatic heterocycles. The summed E-state index contributed by atoms with van der Waals surface area (Å²) >= 11 is 0. The number of ether oxygens (including phenoxy) is 1. The lowest BCUT2D eigenvalue weighted by atomic mass is 9.92. The number of carboxylic acids is 1. The first kappa shape index (κ1) is 19.6. The number of hydrogen-bond donors (Lipinski definition) is 3. The minimum absolute atomic E-state index is 0.0403. The molecule has 0 rings (SSSR count). The lowest BCUT2D eigenvalue weighted by molar-refractivity contribution is -0.140. The molecule has 21 heavy (non-hydrogen) atoms. The third-order valence-electron chi connectivity index (χ3n) is 3.31. The van der Waals surface area contributed by atoms with Crippen LogP contribution in [0, 0.1) is 5.41 Å². The van der Waals surface area contributed by atoms with Crippen LogP contribution in [-0.4, -0.2) is 72.1 Å². The highest BCUT2D eigenvalue weighted by atomic mass is 16.5. The van der Waals surface area contributed by atoms with Crippen molar-refractivity contribution in [3.8, 4) is 0 Å². The van der Waals surface area contributed by atoms with Crippen LogP contribution in [0.3, 0.4) is 0 Å². The minimum atomic E-state index is -1.15. The second-order valence-electron chi connectivity index (χ2n) is 5.56. The monoisotopic (exact) mass is 303 g/mol. The lowest BCUT2D eigenvalue weighted by Crippen LogP contribution is -2.40. The predicted octanol–water partition coefficient (Wildman–Crippen LogP) is -0.127. The van der Waals surface area contributed by atoms with E-state index in [1.807, 2.05) is 4.90 Å². The van der Waals surface area contributed by atoms with E-state index in [4.69, 9.17) is 9.84 Å². The number of carbonyl (C=O) groups is 2. The van der Waals surface area contributed by atoms with Gasteiger partial charge in [-0.1, -0.05) is 6.92 Å². The molecular weight excluding hydrogens is 278 g/mol. The van der Waals surface area contributed by atoms with Crippen molar-refractivity contribution in [2.45, 2.75) is 20.8 Å². The van der Waals surface area contributed by atoms with Gasteiger partial charge in [0.1, 0.15) is 6.61 Å². The van der Waals surface area contributed by atoms with E-state index >= 15 is 0 Å². The zero-order valence-corrected chi connectivity index (χ0v) is 13.0. The number of carbonyl (C=O) groups excluding carboxylic acids is 1. The summed E-state index contributed by atoms with van der Waals surface area (Å²) in [7, 11) is 1.78. The highest BCUT2D eigenvalue weighted by molar-refractivity contribution is 5.98. The average Bonchev–Trinajstić information content (AvgIpc) is 2.44. The topological polar surface area (TPSA) is 107 Å². The van der Waals surface area contributed by atoms with Crippen LogP contribution >= 0.6 is 0 Å². The maximum Gasteiger partial charge on any atom is 0.334 e. The normalized spacial score (nSPS) is 13.1. The molecule has 3 N–H and O–H groups in total. The Labute approximate surface area is 124 Å². The molecular formula is C14H25NO6. The largest absolute Gasteiger partial charge is 0.478 e. The third-order valence-corrected chi connectivity index (χ3v) is 3.31. The Kier molecular flexibility index (Phi) is 8.16. The molecule has 7 heteroatoms. The average molecular weight is 303 g/mol. The van der Waals surface area contributed by atoms with Gasteiger partial charge in [0.25, 0.3) is 0 Å². The van der Waals surface area contributed by atoms with E-state index in [1.165, 1.54) is 13.8 Å². The van der Waals surface area contributed by atoms with Crippen molar-refractivity contribution in [3.63, 3.8) is 0 Å². The van der Waals surface area contributed by atoms with E-state index in [-0.39, 0.29) is 31.0 Å². The Morgan fingerprint density at radius 1 is 1.14 bits per heavy atom. The number of nitrogens with zero attached hydrogens (tertiary/aromatic N) is 1. The van der Waals surface area contributed by atoms with E-state index in [9.17, 15) is 19.8 Å². The maximum atomic E-state index is 11.6. The molecule has 0 fully saturated rings. The summed E-state index contributed by atoms with van der Waals surface area (Å²) < 4.78 is 5.00. The molecule has 0 aromatic heterocycles. The molecule has 0 bridgehead atoms. The molecule has 0 atom stereocenters. The second kappa shape index (κ2) is 8.76. The standard InChI is InChI=1S/C14H25NO6/c1-10(12(18)19)11(2)13(20)21-6-5-15(4)7-14(3,8-16)9-17/h16-17H,5-9H2,1-4H3,(H,18,19). The van der Waals surface area contributed by atoms with E-state index in [0.29, 0.717) is 13.1 Å². The third kappa shape index (κ3) is 6.70. The van der Waals surface area contributed by atoms with Crippen LogP contribution in [0.1, 0.15) is 20.8 Å². The van der Waals surface area contributed by atoms with Gasteiger partial charge in [-0.05, 0) is 20.9 Å². The fourth-order valence-corrected chi connectivity index (χ4v) is 1.60. The Balaban J connectivity index is 4.30. The smallest absolute Gasteiger partial charge is 0.334 e. The number of rotatable bonds is 9. The van der Waals surface area contributed by atoms with Crippen LogP contribution in [-0.2, 0) is 14.3 Å². The fraction of sp³-hybridized carbons (Fsp3) is 0.714. The van der Waals surface area contributed by atoms with Gasteiger partial charge in [-0.15, -0.1) is 0 Å². The first-order valence-electron chi connectivity index (χ1n) is 6.65. The Bertz CT molecular complexity index is 400. The van der Waals surface area contributed by atoms with E-state index in [0.717, 1.165) is 0 Å². The van der Waals surface area contributed by atoms with Gasteiger partial charge in [-0.2, -0.15) is 0 Å². The molecule has 122 valence electrons. The number of aliphatic hydroxyl groups is 2. The van der Waals surface area contributed by atoms with Gasteiger partial charge in [0.05, 0.1) is 13.2 Å². The molecule has 0 spiro atoms. The number of aliphatic carboxylic acids is 1. The first-order valence-corrected chi connectivity index (χ1v) is 6.65. The summed E-state index contributed by atoms with van der Waals surface area (Å²) in [5.74, 6) is -1.81. The number of aliphatic hydroxyl groups excluding tert-OH is 2. The van der Waals surface area contributed by atoms with Crippen LogP contribution in [0.5, 0.6) is 0 Å². The minimum Gasteiger partial charge on any atom is -0.478 e. The summed E-state index contributed by atoms with van der Waals surface area (Å²) in [5.41, 5.74) is -0.587. The van der Waals surface area contributed by atoms with Gasteiger partial charge in [0.15, 0.2) is 0 Å². The van der Waals surface area contributed by atoms with Crippen molar-refractivity contribution in [2.24, 2.45) is 5.41 Å². The molecule has 0 saturated carbocycles. The van der Waals surface area contributed by atoms with Crippen LogP contribution in [0.15, 0.2) is 11.1 Å². The quantitative estimate of drug-likeness (QED) is 0.402. The summed E-state index contributed by atoms with van der Waals surface area (Å²) in [4.78, 5) is 24.2. The van der Waals surface area contributed by atoms with Crippen LogP contribution in [0.4, 0.5) is 0 Å². The second-order valence-corrected chi connectivity index (χ2v) is 5.56. The summed E-state index contributed by atoms with van der Waals surface area (Å²) in [6, 6.07) is 0. The van der Waals surface area contributed by atoms with Crippen LogP contribution in [0.25, 0.3) is 0 Å². The van der Waals surface area contributed by atoms with E-state index in [1.54, 1.807) is 14.0 Å². The molecule has 0 heterocycles. The zero-order chi connectivity index (χ0) is 16.6. The van der Waals surface area contributed by atoms with Crippen molar-refractivity contribution < 1.29 is 29.6 Å². The van der Waals surface area contributed by atoms with Crippen molar-refractivity contribution in [2.75, 3.05) is 40.0 Å². The van der Waals surface area contributed by atoms with Gasteiger partial charge >= 0.3 is 11.9 Å². The number of esters is 1. The summed E-state index contributed by atoms with van der Waals surface area (Å²) in [6.07, 6.45) is 0. The lowest BCUT2D eigenvalue weighted by Gasteiger charge is -2.30. The van der Waals surface area contributed by atoms with Crippen molar-refractivity contribution in [1.29, 1.82) is 0 Å². The molecule has 0 aliphatic carbocycles. The fourth-order valence-electron chi connectivity index (χ4n) is 1.60. The molecule has 7 nitrogen and oxygen atoms in total. The molecule has 0 aromatic rings.